The Morgan fingerprint density at radius 2 is 1.09 bits per heavy atom. The molecule has 6 nitrogen and oxygen atoms in total. The van der Waals surface area contributed by atoms with Gasteiger partial charge in [0, 0.05) is 0 Å². The molecular weight excluding hydrogens is 420 g/mol. The third-order valence-corrected chi connectivity index (χ3v) is 5.58. The first-order valence-electron chi connectivity index (χ1n) is 11.1. The summed E-state index contributed by atoms with van der Waals surface area (Å²) in [5.74, 6) is 0. The summed E-state index contributed by atoms with van der Waals surface area (Å²) in [6, 6.07) is 29.1. The molecule has 3 aromatic carbocycles. The van der Waals surface area contributed by atoms with Gasteiger partial charge in [0.1, 0.15) is 24.4 Å². The Bertz CT molecular complexity index is 935. The van der Waals surface area contributed by atoms with E-state index in [0.717, 1.165) is 16.7 Å². The van der Waals surface area contributed by atoms with Crippen LogP contribution in [0.2, 0.25) is 0 Å². The average Bonchev–Trinajstić information content (AvgIpc) is 2.87. The SMILES string of the molecule is O[C@@H]1[C@H](O)[C@@H](OCc2ccccc2)C(OCc2ccccc2)O[C@@H]1COCc1ccccc1. The molecule has 2 N–H and O–H groups in total. The first kappa shape index (κ1) is 23.6. The minimum Gasteiger partial charge on any atom is -0.387 e. The highest BCUT2D eigenvalue weighted by atomic mass is 16.7. The van der Waals surface area contributed by atoms with Crippen molar-refractivity contribution in [2.75, 3.05) is 6.61 Å². The molecule has 4 rings (SSSR count). The Kier molecular flexibility index (Phi) is 8.60. The van der Waals surface area contributed by atoms with Crippen molar-refractivity contribution in [3.63, 3.8) is 0 Å². The highest BCUT2D eigenvalue weighted by Gasteiger charge is 2.46. The minimum atomic E-state index is -1.19. The molecule has 3 aromatic rings. The van der Waals surface area contributed by atoms with Gasteiger partial charge < -0.3 is 29.2 Å². The summed E-state index contributed by atoms with van der Waals surface area (Å²) in [6.07, 6.45) is -4.82. The summed E-state index contributed by atoms with van der Waals surface area (Å²) in [7, 11) is 0. The number of hydrogen-bond acceptors (Lipinski definition) is 6. The molecule has 0 saturated carbocycles. The van der Waals surface area contributed by atoms with E-state index in [2.05, 4.69) is 0 Å². The van der Waals surface area contributed by atoms with E-state index >= 15 is 0 Å². The van der Waals surface area contributed by atoms with Gasteiger partial charge in [0.2, 0.25) is 0 Å². The highest BCUT2D eigenvalue weighted by Crippen LogP contribution is 2.27. The molecule has 1 aliphatic rings. The molecule has 0 spiro atoms. The van der Waals surface area contributed by atoms with Gasteiger partial charge in [-0.25, -0.2) is 0 Å². The lowest BCUT2D eigenvalue weighted by Gasteiger charge is -2.42. The van der Waals surface area contributed by atoms with Crippen molar-refractivity contribution in [2.24, 2.45) is 0 Å². The molecule has 1 heterocycles. The topological polar surface area (TPSA) is 77.4 Å². The zero-order chi connectivity index (χ0) is 22.9. The summed E-state index contributed by atoms with van der Waals surface area (Å²) in [5.41, 5.74) is 2.94. The van der Waals surface area contributed by atoms with E-state index in [1.165, 1.54) is 0 Å². The van der Waals surface area contributed by atoms with E-state index in [1.807, 2.05) is 91.0 Å². The lowest BCUT2D eigenvalue weighted by atomic mass is 9.99. The third-order valence-electron chi connectivity index (χ3n) is 5.58. The maximum Gasteiger partial charge on any atom is 0.187 e. The van der Waals surface area contributed by atoms with Gasteiger partial charge in [0.05, 0.1) is 26.4 Å². The molecule has 0 aliphatic carbocycles. The maximum atomic E-state index is 10.9. The molecule has 0 aromatic heterocycles. The molecule has 174 valence electrons. The number of hydrogen-bond donors (Lipinski definition) is 2. The van der Waals surface area contributed by atoms with Gasteiger partial charge >= 0.3 is 0 Å². The van der Waals surface area contributed by atoms with Crippen molar-refractivity contribution < 1.29 is 29.2 Å². The zero-order valence-corrected chi connectivity index (χ0v) is 18.4. The Balaban J connectivity index is 1.40. The van der Waals surface area contributed by atoms with Crippen molar-refractivity contribution in [2.45, 2.75) is 50.5 Å². The van der Waals surface area contributed by atoms with E-state index < -0.39 is 30.7 Å². The summed E-state index contributed by atoms with van der Waals surface area (Å²) >= 11 is 0. The Morgan fingerprint density at radius 1 is 0.606 bits per heavy atom. The van der Waals surface area contributed by atoms with Crippen LogP contribution in [-0.2, 0) is 38.8 Å². The number of rotatable bonds is 10. The lowest BCUT2D eigenvalue weighted by Crippen LogP contribution is -2.60. The largest absolute Gasteiger partial charge is 0.387 e. The van der Waals surface area contributed by atoms with Crippen LogP contribution in [0.4, 0.5) is 0 Å². The average molecular weight is 451 g/mol. The fourth-order valence-corrected chi connectivity index (χ4v) is 3.74. The highest BCUT2D eigenvalue weighted by molar-refractivity contribution is 5.15. The summed E-state index contributed by atoms with van der Waals surface area (Å²) in [4.78, 5) is 0. The van der Waals surface area contributed by atoms with E-state index in [1.54, 1.807) is 0 Å². The Hall–Kier alpha value is -2.58. The Morgan fingerprint density at radius 3 is 1.64 bits per heavy atom. The number of ether oxygens (including phenoxy) is 4. The zero-order valence-electron chi connectivity index (χ0n) is 18.4. The molecule has 5 atom stereocenters. The number of aliphatic hydroxyl groups is 2. The first-order valence-corrected chi connectivity index (χ1v) is 11.1. The summed E-state index contributed by atoms with van der Waals surface area (Å²) in [5, 5.41) is 21.6. The standard InChI is InChI=1S/C27H30O6/c28-24-23(19-30-16-20-10-4-1-5-11-20)33-27(32-18-22-14-8-3-9-15-22)26(25(24)29)31-17-21-12-6-2-7-13-21/h1-15,23-29H,16-19H2/t23-,24+,25+,26-,27?/m1/s1. The molecule has 1 aliphatic heterocycles. The maximum absolute atomic E-state index is 10.9. The predicted molar refractivity (Wildman–Crippen MR) is 123 cm³/mol. The summed E-state index contributed by atoms with van der Waals surface area (Å²) in [6.45, 7) is 1.05. The second-order valence-electron chi connectivity index (χ2n) is 8.08. The van der Waals surface area contributed by atoms with Gasteiger partial charge in [0.15, 0.2) is 6.29 Å². The van der Waals surface area contributed by atoms with Crippen LogP contribution in [0.5, 0.6) is 0 Å². The third kappa shape index (κ3) is 6.71. The lowest BCUT2D eigenvalue weighted by molar-refractivity contribution is -0.316. The molecule has 1 saturated heterocycles. The van der Waals surface area contributed by atoms with Crippen LogP contribution < -0.4 is 0 Å². The second kappa shape index (κ2) is 12.0. The van der Waals surface area contributed by atoms with E-state index in [4.69, 9.17) is 18.9 Å². The minimum absolute atomic E-state index is 0.115. The van der Waals surface area contributed by atoms with E-state index in [9.17, 15) is 10.2 Å². The van der Waals surface area contributed by atoms with E-state index in [-0.39, 0.29) is 19.8 Å². The smallest absolute Gasteiger partial charge is 0.187 e. The first-order chi connectivity index (χ1) is 16.2. The van der Waals surface area contributed by atoms with Gasteiger partial charge in [-0.05, 0) is 16.7 Å². The molecule has 0 radical (unpaired) electrons. The van der Waals surface area contributed by atoms with Gasteiger partial charge in [-0.1, -0.05) is 91.0 Å². The monoisotopic (exact) mass is 450 g/mol. The van der Waals surface area contributed by atoms with Crippen molar-refractivity contribution in [3.8, 4) is 0 Å². The van der Waals surface area contributed by atoms with Crippen LogP contribution in [0.25, 0.3) is 0 Å². The van der Waals surface area contributed by atoms with Crippen LogP contribution in [0.15, 0.2) is 91.0 Å². The number of benzene rings is 3. The second-order valence-corrected chi connectivity index (χ2v) is 8.08. The fourth-order valence-electron chi connectivity index (χ4n) is 3.74. The number of aliphatic hydroxyl groups excluding tert-OH is 2. The quantitative estimate of drug-likeness (QED) is 0.493. The normalized spacial score (nSPS) is 25.1. The van der Waals surface area contributed by atoms with Gasteiger partial charge in [-0.15, -0.1) is 0 Å². The van der Waals surface area contributed by atoms with Crippen LogP contribution in [0, 0.1) is 0 Å². The molecule has 1 fully saturated rings. The van der Waals surface area contributed by atoms with Crippen LogP contribution in [0.3, 0.4) is 0 Å². The Labute approximate surface area is 194 Å². The fraction of sp³-hybridized carbons (Fsp3) is 0.333. The van der Waals surface area contributed by atoms with E-state index in [0.29, 0.717) is 6.61 Å². The van der Waals surface area contributed by atoms with Gasteiger partial charge in [-0.3, -0.25) is 0 Å². The van der Waals surface area contributed by atoms with Crippen LogP contribution >= 0.6 is 0 Å². The molecular formula is C27H30O6. The molecule has 6 heteroatoms. The molecule has 33 heavy (non-hydrogen) atoms. The van der Waals surface area contributed by atoms with Crippen molar-refractivity contribution in [1.29, 1.82) is 0 Å². The summed E-state index contributed by atoms with van der Waals surface area (Å²) < 4.78 is 23.8. The molecule has 1 unspecified atom stereocenters. The van der Waals surface area contributed by atoms with Crippen LogP contribution in [0.1, 0.15) is 16.7 Å². The van der Waals surface area contributed by atoms with Crippen LogP contribution in [-0.4, -0.2) is 47.5 Å². The van der Waals surface area contributed by atoms with Gasteiger partial charge in [-0.2, -0.15) is 0 Å². The van der Waals surface area contributed by atoms with Crippen molar-refractivity contribution >= 4 is 0 Å². The molecule has 0 bridgehead atoms. The molecule has 0 amide bonds. The van der Waals surface area contributed by atoms with Crippen molar-refractivity contribution in [3.05, 3.63) is 108 Å². The van der Waals surface area contributed by atoms with Crippen molar-refractivity contribution in [1.82, 2.24) is 0 Å². The predicted octanol–water partition coefficient (Wildman–Crippen LogP) is 3.45. The van der Waals surface area contributed by atoms with Gasteiger partial charge in [0.25, 0.3) is 0 Å².